The third-order valence-electron chi connectivity index (χ3n) is 3.58. The molecular formula is C14H19N3O3. The summed E-state index contributed by atoms with van der Waals surface area (Å²) in [5.41, 5.74) is 8.06. The summed E-state index contributed by atoms with van der Waals surface area (Å²) in [6.07, 6.45) is 3.64. The molecule has 6 nitrogen and oxygen atoms in total. The summed E-state index contributed by atoms with van der Waals surface area (Å²) in [5, 5.41) is 6.07. The van der Waals surface area contributed by atoms with Gasteiger partial charge in [-0.25, -0.2) is 0 Å². The fourth-order valence-electron chi connectivity index (χ4n) is 2.49. The number of nitrogens with two attached hydrogens (primary N) is 1. The van der Waals surface area contributed by atoms with E-state index in [2.05, 4.69) is 10.6 Å². The van der Waals surface area contributed by atoms with Gasteiger partial charge in [0.1, 0.15) is 5.75 Å². The van der Waals surface area contributed by atoms with Crippen LogP contribution in [0.1, 0.15) is 19.3 Å². The van der Waals surface area contributed by atoms with Gasteiger partial charge in [-0.15, -0.1) is 0 Å². The minimum Gasteiger partial charge on any atom is -0.482 e. The van der Waals surface area contributed by atoms with Gasteiger partial charge in [-0.3, -0.25) is 4.79 Å². The van der Waals surface area contributed by atoms with Crippen LogP contribution < -0.4 is 21.1 Å². The summed E-state index contributed by atoms with van der Waals surface area (Å²) in [6.45, 7) is 1.59. The molecule has 2 aliphatic rings. The van der Waals surface area contributed by atoms with E-state index in [1.807, 2.05) is 6.07 Å². The summed E-state index contributed by atoms with van der Waals surface area (Å²) < 4.78 is 11.0. The van der Waals surface area contributed by atoms with E-state index >= 15 is 0 Å². The Morgan fingerprint density at radius 2 is 2.30 bits per heavy atom. The van der Waals surface area contributed by atoms with E-state index in [9.17, 15) is 4.79 Å². The SMILES string of the molecule is Nc1cc2c(cc1NCC1CCCCO1)NC(=O)CO2. The maximum absolute atomic E-state index is 11.3. The Morgan fingerprint density at radius 1 is 1.40 bits per heavy atom. The Kier molecular flexibility index (Phi) is 3.64. The van der Waals surface area contributed by atoms with Crippen LogP contribution in [0.5, 0.6) is 5.75 Å². The van der Waals surface area contributed by atoms with E-state index in [0.717, 1.165) is 31.7 Å². The number of carbonyl (C=O) groups is 1. The second-order valence-electron chi connectivity index (χ2n) is 5.14. The largest absolute Gasteiger partial charge is 0.482 e. The lowest BCUT2D eigenvalue weighted by molar-refractivity contribution is -0.118. The Bertz CT molecular complexity index is 513. The first-order valence-corrected chi connectivity index (χ1v) is 6.94. The van der Waals surface area contributed by atoms with Crippen molar-refractivity contribution < 1.29 is 14.3 Å². The predicted molar refractivity (Wildman–Crippen MR) is 77.1 cm³/mol. The van der Waals surface area contributed by atoms with Crippen LogP contribution in [0, 0.1) is 0 Å². The Morgan fingerprint density at radius 3 is 3.10 bits per heavy atom. The van der Waals surface area contributed by atoms with Crippen molar-refractivity contribution in [3.05, 3.63) is 12.1 Å². The van der Waals surface area contributed by atoms with E-state index in [1.54, 1.807) is 6.07 Å². The van der Waals surface area contributed by atoms with Crippen molar-refractivity contribution >= 4 is 23.0 Å². The minimum absolute atomic E-state index is 0.0368. The van der Waals surface area contributed by atoms with Crippen LogP contribution >= 0.6 is 0 Å². The predicted octanol–water partition coefficient (Wildman–Crippen LogP) is 1.58. The average molecular weight is 277 g/mol. The number of nitrogen functional groups attached to an aromatic ring is 1. The molecule has 108 valence electrons. The molecule has 0 bridgehead atoms. The number of anilines is 3. The highest BCUT2D eigenvalue weighted by atomic mass is 16.5. The average Bonchev–Trinajstić information content (AvgIpc) is 2.46. The fourth-order valence-corrected chi connectivity index (χ4v) is 2.49. The molecule has 2 aliphatic heterocycles. The zero-order valence-corrected chi connectivity index (χ0v) is 11.3. The standard InChI is InChI=1S/C14H19N3O3/c15-10-5-13-12(17-14(18)8-20-13)6-11(10)16-7-9-3-1-2-4-19-9/h5-6,9,16H,1-4,7-8,15H2,(H,17,18). The van der Waals surface area contributed by atoms with Crippen LogP contribution in [0.2, 0.25) is 0 Å². The van der Waals surface area contributed by atoms with Crippen LogP contribution in [0.25, 0.3) is 0 Å². The van der Waals surface area contributed by atoms with Crippen LogP contribution in [0.3, 0.4) is 0 Å². The zero-order chi connectivity index (χ0) is 13.9. The minimum atomic E-state index is -0.149. The number of nitrogens with one attached hydrogen (secondary N) is 2. The summed E-state index contributed by atoms with van der Waals surface area (Å²) >= 11 is 0. The van der Waals surface area contributed by atoms with Gasteiger partial charge < -0.3 is 25.8 Å². The number of benzene rings is 1. The zero-order valence-electron chi connectivity index (χ0n) is 11.3. The Labute approximate surface area is 117 Å². The van der Waals surface area contributed by atoms with Crippen molar-refractivity contribution in [1.29, 1.82) is 0 Å². The maximum atomic E-state index is 11.3. The molecule has 0 saturated carbocycles. The van der Waals surface area contributed by atoms with Gasteiger partial charge in [-0.1, -0.05) is 0 Å². The van der Waals surface area contributed by atoms with Crippen molar-refractivity contribution in [2.45, 2.75) is 25.4 Å². The molecule has 1 aromatic carbocycles. The summed E-state index contributed by atoms with van der Waals surface area (Å²) in [5.74, 6) is 0.463. The van der Waals surface area contributed by atoms with Crippen molar-refractivity contribution in [2.24, 2.45) is 0 Å². The van der Waals surface area contributed by atoms with E-state index in [-0.39, 0.29) is 18.6 Å². The van der Waals surface area contributed by atoms with Gasteiger partial charge in [-0.05, 0) is 25.3 Å². The number of fused-ring (bicyclic) bond motifs is 1. The third kappa shape index (κ3) is 2.80. The number of amides is 1. The summed E-state index contributed by atoms with van der Waals surface area (Å²) in [7, 11) is 0. The van der Waals surface area contributed by atoms with Gasteiger partial charge in [0.15, 0.2) is 6.61 Å². The van der Waals surface area contributed by atoms with Gasteiger partial charge in [-0.2, -0.15) is 0 Å². The molecule has 1 fully saturated rings. The molecule has 1 aromatic rings. The highest BCUT2D eigenvalue weighted by Gasteiger charge is 2.19. The topological polar surface area (TPSA) is 85.6 Å². The second-order valence-corrected chi connectivity index (χ2v) is 5.14. The molecule has 20 heavy (non-hydrogen) atoms. The highest BCUT2D eigenvalue weighted by molar-refractivity contribution is 5.97. The summed E-state index contributed by atoms with van der Waals surface area (Å²) in [4.78, 5) is 11.3. The lowest BCUT2D eigenvalue weighted by Crippen LogP contribution is -2.28. The molecule has 1 amide bonds. The van der Waals surface area contributed by atoms with Gasteiger partial charge in [0.25, 0.3) is 5.91 Å². The van der Waals surface area contributed by atoms with E-state index in [4.69, 9.17) is 15.2 Å². The molecule has 0 radical (unpaired) electrons. The van der Waals surface area contributed by atoms with Crippen molar-refractivity contribution in [3.63, 3.8) is 0 Å². The van der Waals surface area contributed by atoms with Crippen molar-refractivity contribution in [3.8, 4) is 5.75 Å². The molecule has 1 saturated heterocycles. The first-order chi connectivity index (χ1) is 9.72. The van der Waals surface area contributed by atoms with E-state index in [1.165, 1.54) is 6.42 Å². The van der Waals surface area contributed by atoms with E-state index < -0.39 is 0 Å². The quantitative estimate of drug-likeness (QED) is 0.730. The van der Waals surface area contributed by atoms with Crippen LogP contribution in [0.4, 0.5) is 17.1 Å². The van der Waals surface area contributed by atoms with Crippen molar-refractivity contribution in [2.75, 3.05) is 36.1 Å². The molecule has 4 N–H and O–H groups in total. The van der Waals surface area contributed by atoms with Crippen molar-refractivity contribution in [1.82, 2.24) is 0 Å². The van der Waals surface area contributed by atoms with Crippen LogP contribution in [-0.4, -0.2) is 31.8 Å². The lowest BCUT2D eigenvalue weighted by atomic mass is 10.1. The number of hydrogen-bond donors (Lipinski definition) is 3. The maximum Gasteiger partial charge on any atom is 0.262 e. The Hall–Kier alpha value is -1.95. The Balaban J connectivity index is 1.69. The monoisotopic (exact) mass is 277 g/mol. The van der Waals surface area contributed by atoms with Gasteiger partial charge in [0, 0.05) is 19.2 Å². The van der Waals surface area contributed by atoms with Gasteiger partial charge in [0.2, 0.25) is 0 Å². The molecule has 0 spiro atoms. The summed E-state index contributed by atoms with van der Waals surface area (Å²) in [6, 6.07) is 3.55. The van der Waals surface area contributed by atoms with E-state index in [0.29, 0.717) is 17.1 Å². The number of carbonyl (C=O) groups excluding carboxylic acids is 1. The molecule has 3 rings (SSSR count). The fraction of sp³-hybridized carbons (Fsp3) is 0.500. The molecule has 0 aliphatic carbocycles. The molecule has 0 aromatic heterocycles. The molecule has 1 unspecified atom stereocenters. The number of rotatable bonds is 3. The highest BCUT2D eigenvalue weighted by Crippen LogP contribution is 2.35. The smallest absolute Gasteiger partial charge is 0.262 e. The number of ether oxygens (including phenoxy) is 2. The van der Waals surface area contributed by atoms with Crippen LogP contribution in [0.15, 0.2) is 12.1 Å². The lowest BCUT2D eigenvalue weighted by Gasteiger charge is -2.24. The normalized spacial score (nSPS) is 21.6. The number of hydrogen-bond acceptors (Lipinski definition) is 5. The van der Waals surface area contributed by atoms with Gasteiger partial charge in [0.05, 0.1) is 23.2 Å². The second kappa shape index (κ2) is 5.58. The molecule has 2 heterocycles. The third-order valence-corrected chi connectivity index (χ3v) is 3.58. The first kappa shape index (κ1) is 13.1. The molecular weight excluding hydrogens is 258 g/mol. The van der Waals surface area contributed by atoms with Crippen LogP contribution in [-0.2, 0) is 9.53 Å². The molecule has 6 heteroatoms. The first-order valence-electron chi connectivity index (χ1n) is 6.94. The van der Waals surface area contributed by atoms with Gasteiger partial charge >= 0.3 is 0 Å². The molecule has 1 atom stereocenters.